The second-order valence-corrected chi connectivity index (χ2v) is 7.77. The first-order chi connectivity index (χ1) is 16.4. The standard InChI is InChI=1S/C27H25N3O4/c1-17-13-21(18(2)30(17)24-12-8-7-11-22(24)27(32)34-4)16-28-29-26(31)23-14-19-9-5-6-10-20(19)15-25(23)33-3/h5-16H,1-4H3,(H,29,31)/b28-16-. The van der Waals surface area contributed by atoms with Crippen LogP contribution in [0.2, 0.25) is 0 Å². The number of rotatable bonds is 6. The first-order valence-corrected chi connectivity index (χ1v) is 10.7. The van der Waals surface area contributed by atoms with Crippen LogP contribution >= 0.6 is 0 Å². The molecule has 0 aliphatic carbocycles. The molecule has 3 aromatic carbocycles. The van der Waals surface area contributed by atoms with Gasteiger partial charge in [-0.2, -0.15) is 5.10 Å². The summed E-state index contributed by atoms with van der Waals surface area (Å²) in [5.74, 6) is -0.303. The summed E-state index contributed by atoms with van der Waals surface area (Å²) in [6.07, 6.45) is 1.59. The highest BCUT2D eigenvalue weighted by molar-refractivity contribution is 6.02. The van der Waals surface area contributed by atoms with Crippen molar-refractivity contribution in [3.63, 3.8) is 0 Å². The van der Waals surface area contributed by atoms with E-state index in [2.05, 4.69) is 10.5 Å². The molecule has 34 heavy (non-hydrogen) atoms. The topological polar surface area (TPSA) is 81.9 Å². The Morgan fingerprint density at radius 3 is 2.29 bits per heavy atom. The van der Waals surface area contributed by atoms with Gasteiger partial charge in [0, 0.05) is 17.0 Å². The predicted octanol–water partition coefficient (Wildman–Crippen LogP) is 4.81. The van der Waals surface area contributed by atoms with Crippen molar-refractivity contribution in [2.45, 2.75) is 13.8 Å². The van der Waals surface area contributed by atoms with Crippen molar-refractivity contribution in [1.29, 1.82) is 0 Å². The van der Waals surface area contributed by atoms with Crippen molar-refractivity contribution in [3.8, 4) is 11.4 Å². The molecule has 0 saturated heterocycles. The van der Waals surface area contributed by atoms with E-state index in [-0.39, 0.29) is 5.91 Å². The molecular weight excluding hydrogens is 430 g/mol. The Morgan fingerprint density at radius 1 is 0.912 bits per heavy atom. The van der Waals surface area contributed by atoms with Crippen LogP contribution in [0.5, 0.6) is 5.75 Å². The summed E-state index contributed by atoms with van der Waals surface area (Å²) in [7, 11) is 2.89. The Morgan fingerprint density at radius 2 is 1.59 bits per heavy atom. The lowest BCUT2D eigenvalue weighted by Gasteiger charge is -2.13. The average molecular weight is 456 g/mol. The third kappa shape index (κ3) is 4.28. The number of amides is 1. The van der Waals surface area contributed by atoms with Gasteiger partial charge >= 0.3 is 5.97 Å². The van der Waals surface area contributed by atoms with E-state index in [1.165, 1.54) is 14.2 Å². The molecule has 0 aliphatic heterocycles. The Bertz CT molecular complexity index is 1420. The maximum Gasteiger partial charge on any atom is 0.339 e. The number of carbonyl (C=O) groups is 2. The van der Waals surface area contributed by atoms with Crippen LogP contribution in [0, 0.1) is 13.8 Å². The Hall–Kier alpha value is -4.39. The molecule has 4 rings (SSSR count). The molecule has 0 radical (unpaired) electrons. The third-order valence-electron chi connectivity index (χ3n) is 5.70. The predicted molar refractivity (Wildman–Crippen MR) is 132 cm³/mol. The molecule has 0 aliphatic rings. The fourth-order valence-corrected chi connectivity index (χ4v) is 4.03. The molecule has 7 heteroatoms. The van der Waals surface area contributed by atoms with Crippen LogP contribution in [0.25, 0.3) is 16.5 Å². The first kappa shape index (κ1) is 22.8. The summed E-state index contributed by atoms with van der Waals surface area (Å²) in [6, 6.07) is 20.6. The Kier molecular flexibility index (Phi) is 6.45. The number of hydrogen-bond acceptors (Lipinski definition) is 5. The highest BCUT2D eigenvalue weighted by Gasteiger charge is 2.17. The van der Waals surface area contributed by atoms with Crippen LogP contribution in [0.3, 0.4) is 0 Å². The molecule has 0 spiro atoms. The number of benzene rings is 3. The molecular formula is C27H25N3O4. The van der Waals surface area contributed by atoms with Gasteiger partial charge in [0.1, 0.15) is 5.75 Å². The van der Waals surface area contributed by atoms with Crippen molar-refractivity contribution in [1.82, 2.24) is 9.99 Å². The van der Waals surface area contributed by atoms with Crippen LogP contribution in [0.1, 0.15) is 37.7 Å². The van der Waals surface area contributed by atoms with Crippen molar-refractivity contribution in [3.05, 3.63) is 94.8 Å². The molecule has 1 amide bonds. The molecule has 1 aromatic heterocycles. The van der Waals surface area contributed by atoms with Crippen LogP contribution in [0.4, 0.5) is 0 Å². The van der Waals surface area contributed by atoms with Gasteiger partial charge in [0.05, 0.1) is 37.2 Å². The molecule has 0 saturated carbocycles. The highest BCUT2D eigenvalue weighted by atomic mass is 16.5. The number of esters is 1. The smallest absolute Gasteiger partial charge is 0.339 e. The van der Waals surface area contributed by atoms with Crippen LogP contribution in [-0.2, 0) is 4.74 Å². The summed E-state index contributed by atoms with van der Waals surface area (Å²) in [5.41, 5.74) is 6.76. The lowest BCUT2D eigenvalue weighted by Crippen LogP contribution is -2.18. The van der Waals surface area contributed by atoms with Gasteiger partial charge in [-0.3, -0.25) is 4.79 Å². The minimum absolute atomic E-state index is 0.372. The minimum Gasteiger partial charge on any atom is -0.496 e. The number of aromatic nitrogens is 1. The van der Waals surface area contributed by atoms with Gasteiger partial charge in [0.25, 0.3) is 5.91 Å². The van der Waals surface area contributed by atoms with E-state index in [1.54, 1.807) is 24.4 Å². The Labute approximate surface area is 197 Å². The van der Waals surface area contributed by atoms with E-state index < -0.39 is 5.97 Å². The molecule has 7 nitrogen and oxygen atoms in total. The monoisotopic (exact) mass is 455 g/mol. The van der Waals surface area contributed by atoms with Crippen LogP contribution in [-0.4, -0.2) is 36.9 Å². The highest BCUT2D eigenvalue weighted by Crippen LogP contribution is 2.26. The lowest BCUT2D eigenvalue weighted by molar-refractivity contribution is 0.0600. The molecule has 1 N–H and O–H groups in total. The van der Waals surface area contributed by atoms with Gasteiger partial charge in [0.15, 0.2) is 0 Å². The number of methoxy groups -OCH3 is 2. The van der Waals surface area contributed by atoms with Crippen LogP contribution in [0.15, 0.2) is 71.8 Å². The molecule has 1 heterocycles. The van der Waals surface area contributed by atoms with E-state index in [0.717, 1.165) is 27.7 Å². The number of hydrogen-bond donors (Lipinski definition) is 1. The van der Waals surface area contributed by atoms with Crippen molar-refractivity contribution >= 4 is 28.9 Å². The number of carbonyl (C=O) groups excluding carboxylic acids is 2. The maximum atomic E-state index is 12.8. The van der Waals surface area contributed by atoms with E-state index >= 15 is 0 Å². The van der Waals surface area contributed by atoms with Gasteiger partial charge < -0.3 is 14.0 Å². The molecule has 0 unspecified atom stereocenters. The number of nitrogens with zero attached hydrogens (tertiary/aromatic N) is 2. The molecule has 4 aromatic rings. The number of hydrazone groups is 1. The molecule has 0 fully saturated rings. The zero-order chi connectivity index (χ0) is 24.2. The fraction of sp³-hybridized carbons (Fsp3) is 0.148. The van der Waals surface area contributed by atoms with Gasteiger partial charge in [-0.15, -0.1) is 0 Å². The van der Waals surface area contributed by atoms with Crippen molar-refractivity contribution in [2.75, 3.05) is 14.2 Å². The number of fused-ring (bicyclic) bond motifs is 1. The van der Waals surface area contributed by atoms with E-state index in [9.17, 15) is 9.59 Å². The van der Waals surface area contributed by atoms with Gasteiger partial charge in [-0.05, 0) is 55.0 Å². The summed E-state index contributed by atoms with van der Waals surface area (Å²) < 4.78 is 12.3. The SMILES string of the molecule is COC(=O)c1ccccc1-n1c(C)cc(/C=N\NC(=O)c2cc3ccccc3cc2OC)c1C. The summed E-state index contributed by atoms with van der Waals surface area (Å²) in [6.45, 7) is 3.87. The molecule has 0 atom stereocenters. The summed E-state index contributed by atoms with van der Waals surface area (Å²) in [5, 5.41) is 6.09. The lowest BCUT2D eigenvalue weighted by atomic mass is 10.1. The zero-order valence-electron chi connectivity index (χ0n) is 19.5. The quantitative estimate of drug-likeness (QED) is 0.257. The number of nitrogens with one attached hydrogen (secondary N) is 1. The Balaban J connectivity index is 1.60. The molecule has 0 bridgehead atoms. The normalized spacial score (nSPS) is 11.1. The average Bonchev–Trinajstić information content (AvgIpc) is 3.14. The van der Waals surface area contributed by atoms with Gasteiger partial charge in [0.2, 0.25) is 0 Å². The van der Waals surface area contributed by atoms with Gasteiger partial charge in [-0.1, -0.05) is 36.4 Å². The van der Waals surface area contributed by atoms with E-state index in [0.29, 0.717) is 22.6 Å². The number of ether oxygens (including phenoxy) is 2. The number of para-hydroxylation sites is 1. The van der Waals surface area contributed by atoms with Crippen LogP contribution < -0.4 is 10.2 Å². The minimum atomic E-state index is -0.407. The third-order valence-corrected chi connectivity index (χ3v) is 5.70. The maximum absolute atomic E-state index is 12.8. The zero-order valence-corrected chi connectivity index (χ0v) is 19.5. The van der Waals surface area contributed by atoms with E-state index in [1.807, 2.05) is 66.9 Å². The summed E-state index contributed by atoms with van der Waals surface area (Å²) in [4.78, 5) is 25.1. The largest absolute Gasteiger partial charge is 0.496 e. The molecule has 172 valence electrons. The second kappa shape index (κ2) is 9.62. The second-order valence-electron chi connectivity index (χ2n) is 7.77. The first-order valence-electron chi connectivity index (χ1n) is 10.7. The summed E-state index contributed by atoms with van der Waals surface area (Å²) >= 11 is 0. The fourth-order valence-electron chi connectivity index (χ4n) is 4.03. The van der Waals surface area contributed by atoms with E-state index in [4.69, 9.17) is 9.47 Å². The van der Waals surface area contributed by atoms with Crippen molar-refractivity contribution < 1.29 is 19.1 Å². The van der Waals surface area contributed by atoms with Gasteiger partial charge in [-0.25, -0.2) is 10.2 Å². The van der Waals surface area contributed by atoms with Crippen molar-refractivity contribution in [2.24, 2.45) is 5.10 Å². The number of aryl methyl sites for hydroxylation is 1.